The second-order valence-electron chi connectivity index (χ2n) is 4.63. The third kappa shape index (κ3) is 2.59. The van der Waals surface area contributed by atoms with E-state index in [1.165, 1.54) is 12.1 Å². The summed E-state index contributed by atoms with van der Waals surface area (Å²) in [4.78, 5) is 4.61. The summed E-state index contributed by atoms with van der Waals surface area (Å²) in [6.07, 6.45) is 0.635. The number of hydrogen-bond acceptors (Lipinski definition) is 2. The van der Waals surface area contributed by atoms with Crippen LogP contribution in [0.25, 0.3) is 16.7 Å². The van der Waals surface area contributed by atoms with Gasteiger partial charge < -0.3 is 4.74 Å². The van der Waals surface area contributed by atoms with Gasteiger partial charge in [0.15, 0.2) is 0 Å². The molecule has 0 spiro atoms. The van der Waals surface area contributed by atoms with Gasteiger partial charge in [0.25, 0.3) is 0 Å². The number of hydrogen-bond donors (Lipinski definition) is 0. The molecule has 0 unspecified atom stereocenters. The Bertz CT molecular complexity index is 768. The van der Waals surface area contributed by atoms with Crippen LogP contribution < -0.4 is 4.74 Å². The molecule has 1 heterocycles. The average molecular weight is 305 g/mol. The third-order valence-corrected chi connectivity index (χ3v) is 3.52. The molecular weight excluding hydrogens is 291 g/mol. The average Bonchev–Trinajstić information content (AvgIpc) is 2.85. The quantitative estimate of drug-likeness (QED) is 0.682. The Hall–Kier alpha value is -2.07. The molecule has 0 bridgehead atoms. The van der Waals surface area contributed by atoms with Crippen LogP contribution in [0.1, 0.15) is 5.82 Å². The predicted octanol–water partition coefficient (Wildman–Crippen LogP) is 3.95. The minimum atomic E-state index is -0.264. The first kappa shape index (κ1) is 13.9. The van der Waals surface area contributed by atoms with Gasteiger partial charge in [0, 0.05) is 24.1 Å². The molecule has 0 amide bonds. The van der Waals surface area contributed by atoms with Crippen LogP contribution in [0.15, 0.2) is 42.5 Å². The van der Waals surface area contributed by atoms with Gasteiger partial charge in [0.05, 0.1) is 18.1 Å². The van der Waals surface area contributed by atoms with Crippen molar-refractivity contribution >= 4 is 22.6 Å². The summed E-state index contributed by atoms with van der Waals surface area (Å²) in [5.41, 5.74) is 2.63. The number of fused-ring (bicyclic) bond motifs is 1. The molecule has 0 atom stereocenters. The molecule has 0 radical (unpaired) electrons. The highest BCUT2D eigenvalue weighted by atomic mass is 35.5. The molecule has 2 aromatic carbocycles. The fourth-order valence-electron chi connectivity index (χ4n) is 2.36. The van der Waals surface area contributed by atoms with Gasteiger partial charge in [-0.3, -0.25) is 4.57 Å². The van der Waals surface area contributed by atoms with Gasteiger partial charge in [-0.1, -0.05) is 0 Å². The number of methoxy groups -OCH3 is 1. The monoisotopic (exact) mass is 304 g/mol. The van der Waals surface area contributed by atoms with Crippen LogP contribution in [0.3, 0.4) is 0 Å². The Kier molecular flexibility index (Phi) is 3.80. The summed E-state index contributed by atoms with van der Waals surface area (Å²) in [7, 11) is 1.62. The number of nitrogens with zero attached hydrogens (tertiary/aromatic N) is 2. The Morgan fingerprint density at radius 1 is 1.19 bits per heavy atom. The second kappa shape index (κ2) is 5.74. The Labute approximate surface area is 126 Å². The fraction of sp³-hybridized carbons (Fsp3) is 0.188. The van der Waals surface area contributed by atoms with Gasteiger partial charge in [-0.2, -0.15) is 0 Å². The van der Waals surface area contributed by atoms with Gasteiger partial charge >= 0.3 is 0 Å². The topological polar surface area (TPSA) is 27.1 Å². The predicted molar refractivity (Wildman–Crippen MR) is 82.0 cm³/mol. The first-order valence-electron chi connectivity index (χ1n) is 6.60. The van der Waals surface area contributed by atoms with Gasteiger partial charge in [-0.05, 0) is 36.4 Å². The van der Waals surface area contributed by atoms with Crippen molar-refractivity contribution < 1.29 is 9.13 Å². The van der Waals surface area contributed by atoms with E-state index in [0.29, 0.717) is 12.3 Å². The summed E-state index contributed by atoms with van der Waals surface area (Å²) >= 11 is 5.87. The first-order chi connectivity index (χ1) is 10.2. The zero-order chi connectivity index (χ0) is 14.8. The zero-order valence-electron chi connectivity index (χ0n) is 11.5. The summed E-state index contributed by atoms with van der Waals surface area (Å²) < 4.78 is 20.4. The lowest BCUT2D eigenvalue weighted by molar-refractivity contribution is 0.415. The van der Waals surface area contributed by atoms with Crippen LogP contribution in [-0.4, -0.2) is 22.5 Å². The minimum Gasteiger partial charge on any atom is -0.497 e. The second-order valence-corrected chi connectivity index (χ2v) is 5.01. The van der Waals surface area contributed by atoms with Crippen molar-refractivity contribution in [3.05, 3.63) is 54.1 Å². The van der Waals surface area contributed by atoms with E-state index in [1.54, 1.807) is 19.2 Å². The van der Waals surface area contributed by atoms with Crippen LogP contribution in [0.4, 0.5) is 4.39 Å². The lowest BCUT2D eigenvalue weighted by Gasteiger charge is -2.09. The minimum absolute atomic E-state index is 0.264. The van der Waals surface area contributed by atoms with E-state index >= 15 is 0 Å². The molecule has 0 aliphatic rings. The highest BCUT2D eigenvalue weighted by Gasteiger charge is 2.13. The molecular formula is C16H14ClFN2O. The number of alkyl halides is 1. The molecule has 3 rings (SSSR count). The Morgan fingerprint density at radius 3 is 2.62 bits per heavy atom. The maximum absolute atomic E-state index is 13.1. The molecule has 0 saturated carbocycles. The smallest absolute Gasteiger partial charge is 0.123 e. The van der Waals surface area contributed by atoms with Crippen molar-refractivity contribution in [3.8, 4) is 11.4 Å². The highest BCUT2D eigenvalue weighted by Crippen LogP contribution is 2.26. The van der Waals surface area contributed by atoms with E-state index in [4.69, 9.17) is 16.3 Å². The summed E-state index contributed by atoms with van der Waals surface area (Å²) in [6, 6.07) is 12.0. The van der Waals surface area contributed by atoms with Crippen molar-refractivity contribution in [2.45, 2.75) is 6.42 Å². The standard InChI is InChI=1S/C16H14ClFN2O/c1-21-13-6-7-14-15(10-13)20(16(19-14)8-9-17)12-4-2-11(18)3-5-12/h2-7,10H,8-9H2,1H3. The number of ether oxygens (including phenoxy) is 1. The maximum Gasteiger partial charge on any atom is 0.123 e. The molecule has 0 N–H and O–H groups in total. The molecule has 3 nitrogen and oxygen atoms in total. The van der Waals surface area contributed by atoms with Crippen LogP contribution in [0.2, 0.25) is 0 Å². The molecule has 21 heavy (non-hydrogen) atoms. The van der Waals surface area contributed by atoms with E-state index in [1.807, 2.05) is 22.8 Å². The highest BCUT2D eigenvalue weighted by molar-refractivity contribution is 6.17. The van der Waals surface area contributed by atoms with Crippen molar-refractivity contribution in [1.29, 1.82) is 0 Å². The molecule has 0 aliphatic carbocycles. The van der Waals surface area contributed by atoms with Crippen molar-refractivity contribution in [2.24, 2.45) is 0 Å². The van der Waals surface area contributed by atoms with Crippen molar-refractivity contribution in [1.82, 2.24) is 9.55 Å². The summed E-state index contributed by atoms with van der Waals surface area (Å²) in [5.74, 6) is 1.81. The number of aryl methyl sites for hydroxylation is 1. The number of aromatic nitrogens is 2. The van der Waals surface area contributed by atoms with Crippen molar-refractivity contribution in [2.75, 3.05) is 13.0 Å². The molecule has 5 heteroatoms. The molecule has 1 aromatic heterocycles. The van der Waals surface area contributed by atoms with Gasteiger partial charge in [-0.25, -0.2) is 9.37 Å². The Balaban J connectivity index is 2.25. The van der Waals surface area contributed by atoms with E-state index in [0.717, 1.165) is 28.3 Å². The lowest BCUT2D eigenvalue weighted by atomic mass is 10.2. The van der Waals surface area contributed by atoms with E-state index in [-0.39, 0.29) is 5.82 Å². The molecule has 0 aliphatic heterocycles. The van der Waals surface area contributed by atoms with Gasteiger partial charge in [0.1, 0.15) is 17.4 Å². The van der Waals surface area contributed by atoms with Crippen LogP contribution in [0.5, 0.6) is 5.75 Å². The summed E-state index contributed by atoms with van der Waals surface area (Å²) in [6.45, 7) is 0. The SMILES string of the molecule is COc1ccc2nc(CCCl)n(-c3ccc(F)cc3)c2c1. The van der Waals surface area contributed by atoms with Crippen LogP contribution in [-0.2, 0) is 6.42 Å². The van der Waals surface area contributed by atoms with E-state index < -0.39 is 0 Å². The molecule has 0 fully saturated rings. The fourth-order valence-corrected chi connectivity index (χ4v) is 2.53. The molecule has 0 saturated heterocycles. The number of imidazole rings is 1. The lowest BCUT2D eigenvalue weighted by Crippen LogP contribution is -2.02. The zero-order valence-corrected chi connectivity index (χ0v) is 12.3. The van der Waals surface area contributed by atoms with Gasteiger partial charge in [0.2, 0.25) is 0 Å². The Morgan fingerprint density at radius 2 is 1.95 bits per heavy atom. The number of halogens is 2. The summed E-state index contributed by atoms with van der Waals surface area (Å²) in [5, 5.41) is 0. The number of rotatable bonds is 4. The largest absolute Gasteiger partial charge is 0.497 e. The van der Waals surface area contributed by atoms with E-state index in [2.05, 4.69) is 4.98 Å². The van der Waals surface area contributed by atoms with Crippen LogP contribution >= 0.6 is 11.6 Å². The van der Waals surface area contributed by atoms with E-state index in [9.17, 15) is 4.39 Å². The van der Waals surface area contributed by atoms with Gasteiger partial charge in [-0.15, -0.1) is 11.6 Å². The van der Waals surface area contributed by atoms with Crippen molar-refractivity contribution in [3.63, 3.8) is 0 Å². The first-order valence-corrected chi connectivity index (χ1v) is 7.13. The van der Waals surface area contributed by atoms with Crippen LogP contribution in [0, 0.1) is 5.82 Å². The normalized spacial score (nSPS) is 11.0. The number of benzene rings is 2. The third-order valence-electron chi connectivity index (χ3n) is 3.33. The molecule has 108 valence electrons. The molecule has 3 aromatic rings. The maximum atomic E-state index is 13.1.